The monoisotopic (exact) mass is 486 g/mol. The van der Waals surface area contributed by atoms with E-state index in [1.807, 2.05) is 26.0 Å². The number of rotatable bonds is 8. The Bertz CT molecular complexity index is 1230. The molecular weight excluding hydrogens is 448 g/mol. The third-order valence-electron chi connectivity index (χ3n) is 8.53. The molecule has 1 saturated carbocycles. The predicted octanol–water partition coefficient (Wildman–Crippen LogP) is 6.60. The molecule has 4 nitrogen and oxygen atoms in total. The van der Waals surface area contributed by atoms with Crippen LogP contribution in [0.3, 0.4) is 0 Å². The molecule has 4 heteroatoms. The lowest BCUT2D eigenvalue weighted by atomic mass is 9.74. The van der Waals surface area contributed by atoms with Crippen LogP contribution in [0, 0.1) is 37.5 Å². The number of fused-ring (bicyclic) bond motifs is 1. The normalized spacial score (nSPS) is 23.4. The number of aryl methyl sites for hydroxylation is 3. The highest BCUT2D eigenvalue weighted by Crippen LogP contribution is 2.56. The molecule has 0 spiro atoms. The van der Waals surface area contributed by atoms with E-state index in [4.69, 9.17) is 4.74 Å². The Kier molecular flexibility index (Phi) is 7.36. The van der Waals surface area contributed by atoms with E-state index in [9.17, 15) is 14.4 Å². The highest BCUT2D eigenvalue weighted by Gasteiger charge is 2.56. The summed E-state index contributed by atoms with van der Waals surface area (Å²) in [7, 11) is 1.41. The van der Waals surface area contributed by atoms with E-state index < -0.39 is 0 Å². The van der Waals surface area contributed by atoms with Crippen molar-refractivity contribution in [1.82, 2.24) is 0 Å². The maximum absolute atomic E-state index is 13.5. The van der Waals surface area contributed by atoms with Crippen molar-refractivity contribution in [3.05, 3.63) is 80.9 Å². The molecule has 2 aliphatic rings. The van der Waals surface area contributed by atoms with Crippen LogP contribution < -0.4 is 0 Å². The average Bonchev–Trinajstić information content (AvgIpc) is 3.52. The first-order chi connectivity index (χ1) is 17.1. The van der Waals surface area contributed by atoms with E-state index in [1.165, 1.54) is 18.2 Å². The van der Waals surface area contributed by atoms with Gasteiger partial charge in [-0.15, -0.1) is 0 Å². The lowest BCUT2D eigenvalue weighted by Gasteiger charge is -2.30. The Morgan fingerprint density at radius 2 is 1.75 bits per heavy atom. The molecule has 0 aromatic heterocycles. The minimum Gasteiger partial charge on any atom is -0.465 e. The number of esters is 1. The van der Waals surface area contributed by atoms with Crippen LogP contribution in [0.15, 0.2) is 42.0 Å². The summed E-state index contributed by atoms with van der Waals surface area (Å²) in [4.78, 5) is 39.3. The van der Waals surface area contributed by atoms with Crippen LogP contribution in [0.4, 0.5) is 0 Å². The zero-order chi connectivity index (χ0) is 26.3. The molecule has 190 valence electrons. The molecule has 1 fully saturated rings. The van der Waals surface area contributed by atoms with E-state index in [-0.39, 0.29) is 47.1 Å². The fourth-order valence-corrected chi connectivity index (χ4v) is 6.76. The number of allylic oxidation sites excluding steroid dienone is 2. The molecule has 0 N–H and O–H groups in total. The van der Waals surface area contributed by atoms with Gasteiger partial charge in [-0.1, -0.05) is 70.0 Å². The van der Waals surface area contributed by atoms with Crippen molar-refractivity contribution in [3.63, 3.8) is 0 Å². The molecule has 36 heavy (non-hydrogen) atoms. The van der Waals surface area contributed by atoms with Gasteiger partial charge < -0.3 is 4.74 Å². The van der Waals surface area contributed by atoms with Crippen LogP contribution in [-0.4, -0.2) is 24.6 Å². The lowest BCUT2D eigenvalue weighted by molar-refractivity contribution is -0.116. The summed E-state index contributed by atoms with van der Waals surface area (Å²) in [5.74, 6) is -0.701. The zero-order valence-corrected chi connectivity index (χ0v) is 22.6. The summed E-state index contributed by atoms with van der Waals surface area (Å²) in [6, 6.07) is 9.91. The Morgan fingerprint density at radius 3 is 2.36 bits per heavy atom. The number of hydrogen-bond acceptors (Lipinski definition) is 4. The Hall–Kier alpha value is -3.01. The third-order valence-corrected chi connectivity index (χ3v) is 8.53. The second kappa shape index (κ2) is 10.2. The van der Waals surface area contributed by atoms with E-state index in [1.54, 1.807) is 0 Å². The molecule has 0 radical (unpaired) electrons. The van der Waals surface area contributed by atoms with Crippen molar-refractivity contribution in [1.29, 1.82) is 0 Å². The first-order valence-electron chi connectivity index (χ1n) is 13.2. The van der Waals surface area contributed by atoms with Crippen LogP contribution in [-0.2, 0) is 22.4 Å². The summed E-state index contributed by atoms with van der Waals surface area (Å²) in [6.45, 7) is 12.4. The molecule has 0 amide bonds. The molecule has 0 heterocycles. The summed E-state index contributed by atoms with van der Waals surface area (Å²) in [6.07, 6.45) is 5.03. The molecule has 2 aliphatic carbocycles. The molecule has 5 atom stereocenters. The first kappa shape index (κ1) is 26.1. The third kappa shape index (κ3) is 4.47. The number of carbonyl (C=O) groups is 3. The second-order valence-corrected chi connectivity index (χ2v) is 10.8. The van der Waals surface area contributed by atoms with Gasteiger partial charge in [0.05, 0.1) is 12.7 Å². The van der Waals surface area contributed by atoms with Gasteiger partial charge in [0.2, 0.25) is 11.6 Å². The highest BCUT2D eigenvalue weighted by molar-refractivity contribution is 6.45. The van der Waals surface area contributed by atoms with Gasteiger partial charge in [-0.25, -0.2) is 4.79 Å². The minimum absolute atomic E-state index is 0.0499. The molecule has 5 unspecified atom stereocenters. The van der Waals surface area contributed by atoms with Crippen molar-refractivity contribution in [2.45, 2.75) is 66.7 Å². The number of carbonyl (C=O) groups excluding carboxylic acids is 3. The van der Waals surface area contributed by atoms with Crippen molar-refractivity contribution in [2.24, 2.45) is 23.7 Å². The standard InChI is InChI=1S/C32H38O4/c1-8-10-22-15-17(2)26(18(3)16-22)30(33)31(34)29-21(6)27(29)19(4)24-14-13-23-11-9-12-25(32(35)36-7)28(23)20(24)5/h9,11-12,14-16,19-21,27,29H,8,10,13H2,1-7H3. The number of methoxy groups -OCH3 is 1. The van der Waals surface area contributed by atoms with Gasteiger partial charge in [-0.2, -0.15) is 0 Å². The summed E-state index contributed by atoms with van der Waals surface area (Å²) in [5, 5.41) is 0. The zero-order valence-electron chi connectivity index (χ0n) is 22.6. The number of ether oxygens (including phenoxy) is 1. The van der Waals surface area contributed by atoms with Crippen molar-refractivity contribution < 1.29 is 19.1 Å². The van der Waals surface area contributed by atoms with Crippen molar-refractivity contribution in [2.75, 3.05) is 7.11 Å². The van der Waals surface area contributed by atoms with Gasteiger partial charge in [0.25, 0.3) is 0 Å². The molecule has 0 bridgehead atoms. The van der Waals surface area contributed by atoms with Gasteiger partial charge in [-0.05, 0) is 78.3 Å². The van der Waals surface area contributed by atoms with Crippen LogP contribution >= 0.6 is 0 Å². The summed E-state index contributed by atoms with van der Waals surface area (Å²) < 4.78 is 5.04. The topological polar surface area (TPSA) is 60.4 Å². The van der Waals surface area contributed by atoms with Crippen LogP contribution in [0.2, 0.25) is 0 Å². The first-order valence-corrected chi connectivity index (χ1v) is 13.2. The predicted molar refractivity (Wildman–Crippen MR) is 143 cm³/mol. The number of hydrogen-bond donors (Lipinski definition) is 0. The van der Waals surface area contributed by atoms with E-state index in [0.717, 1.165) is 41.5 Å². The van der Waals surface area contributed by atoms with E-state index >= 15 is 0 Å². The maximum atomic E-state index is 13.5. The molecular formula is C32H38O4. The van der Waals surface area contributed by atoms with Crippen molar-refractivity contribution in [3.8, 4) is 0 Å². The van der Waals surface area contributed by atoms with Gasteiger partial charge in [0.1, 0.15) is 0 Å². The van der Waals surface area contributed by atoms with Gasteiger partial charge in [0, 0.05) is 17.4 Å². The number of ketones is 2. The second-order valence-electron chi connectivity index (χ2n) is 10.8. The fraction of sp³-hybridized carbons (Fsp3) is 0.469. The van der Waals surface area contributed by atoms with Gasteiger partial charge in [0.15, 0.2) is 0 Å². The smallest absolute Gasteiger partial charge is 0.338 e. The molecule has 0 saturated heterocycles. The summed E-state index contributed by atoms with van der Waals surface area (Å²) >= 11 is 0. The quantitative estimate of drug-likeness (QED) is 0.183. The van der Waals surface area contributed by atoms with Crippen molar-refractivity contribution >= 4 is 17.5 Å². The Labute approximate surface area is 215 Å². The maximum Gasteiger partial charge on any atom is 0.338 e. The molecule has 2 aromatic carbocycles. The summed E-state index contributed by atoms with van der Waals surface area (Å²) in [5.41, 5.74) is 7.61. The Morgan fingerprint density at radius 1 is 1.08 bits per heavy atom. The largest absolute Gasteiger partial charge is 0.465 e. The number of benzene rings is 2. The van der Waals surface area contributed by atoms with E-state index in [0.29, 0.717) is 11.1 Å². The molecule has 4 rings (SSSR count). The highest BCUT2D eigenvalue weighted by atomic mass is 16.5. The Balaban J connectivity index is 1.55. The van der Waals surface area contributed by atoms with Gasteiger partial charge in [-0.3, -0.25) is 9.59 Å². The van der Waals surface area contributed by atoms with Crippen LogP contribution in [0.1, 0.15) is 88.6 Å². The average molecular weight is 487 g/mol. The van der Waals surface area contributed by atoms with Crippen LogP contribution in [0.25, 0.3) is 0 Å². The van der Waals surface area contributed by atoms with Crippen LogP contribution in [0.5, 0.6) is 0 Å². The SMILES string of the molecule is CCCc1cc(C)c(C(=O)C(=O)C2C(C)C2C(C)C2=CCc3cccc(C(=O)OC)c3C2C)c(C)c1. The lowest BCUT2D eigenvalue weighted by Crippen LogP contribution is -2.22. The van der Waals surface area contributed by atoms with Gasteiger partial charge >= 0.3 is 5.97 Å². The number of Topliss-reactive ketones (excluding diaryl/α,β-unsaturated/α-hetero) is 2. The molecule has 0 aliphatic heterocycles. The minimum atomic E-state index is -0.344. The van der Waals surface area contributed by atoms with E-state index in [2.05, 4.69) is 52.0 Å². The fourth-order valence-electron chi connectivity index (χ4n) is 6.76. The molecule has 2 aromatic rings.